The van der Waals surface area contributed by atoms with Crippen molar-refractivity contribution in [1.29, 1.82) is 0 Å². The third kappa shape index (κ3) is 3.26. The second-order valence-corrected chi connectivity index (χ2v) is 8.78. The first-order valence-electron chi connectivity index (χ1n) is 9.67. The number of aliphatic hydroxyl groups is 1. The Morgan fingerprint density at radius 3 is 2.50 bits per heavy atom. The van der Waals surface area contributed by atoms with Crippen molar-refractivity contribution < 1.29 is 24.4 Å². The molecule has 4 aliphatic rings. The summed E-state index contributed by atoms with van der Waals surface area (Å²) in [6.07, 6.45) is 3.23. The summed E-state index contributed by atoms with van der Waals surface area (Å²) in [6.45, 7) is 1.46. The van der Waals surface area contributed by atoms with Gasteiger partial charge in [0.1, 0.15) is 5.69 Å². The van der Waals surface area contributed by atoms with Crippen LogP contribution in [0.3, 0.4) is 0 Å². The van der Waals surface area contributed by atoms with Gasteiger partial charge in [-0.3, -0.25) is 19.7 Å². The largest absolute Gasteiger partial charge is 0.452 e. The normalized spacial score (nSPS) is 33.9. The molecule has 4 saturated carbocycles. The first kappa shape index (κ1) is 18.9. The molecule has 4 aliphatic carbocycles. The number of hydrogen-bond acceptors (Lipinski definition) is 6. The van der Waals surface area contributed by atoms with Gasteiger partial charge in [-0.25, -0.2) is 0 Å². The molecule has 1 aromatic carbocycles. The summed E-state index contributed by atoms with van der Waals surface area (Å²) in [6, 6.07) is 5.81. The number of nitrogens with one attached hydrogen (secondary N) is 1. The van der Waals surface area contributed by atoms with Gasteiger partial charge in [-0.05, 0) is 63.4 Å². The fraction of sp³-hybridized carbons (Fsp3) is 0.600. The van der Waals surface area contributed by atoms with Gasteiger partial charge in [0.05, 0.1) is 15.9 Å². The summed E-state index contributed by atoms with van der Waals surface area (Å²) in [5, 5.41) is 24.3. The van der Waals surface area contributed by atoms with E-state index < -0.39 is 33.9 Å². The highest BCUT2D eigenvalue weighted by Gasteiger charge is 2.61. The number of para-hydroxylation sites is 2. The van der Waals surface area contributed by atoms with Crippen LogP contribution in [-0.2, 0) is 14.3 Å². The molecular formula is C20H24N2O6. The lowest BCUT2D eigenvalue weighted by atomic mass is 9.48. The molecule has 0 aromatic heterocycles. The van der Waals surface area contributed by atoms with Crippen molar-refractivity contribution in [3.8, 4) is 0 Å². The summed E-state index contributed by atoms with van der Waals surface area (Å²) in [4.78, 5) is 35.9. The summed E-state index contributed by atoms with van der Waals surface area (Å²) in [5.41, 5.74) is -1.67. The van der Waals surface area contributed by atoms with Crippen molar-refractivity contribution in [3.63, 3.8) is 0 Å². The Hall–Kier alpha value is -2.48. The molecule has 8 nitrogen and oxygen atoms in total. The van der Waals surface area contributed by atoms with Crippen LogP contribution < -0.4 is 5.32 Å². The number of ether oxygens (including phenoxy) is 1. The number of nitro groups is 1. The van der Waals surface area contributed by atoms with Crippen molar-refractivity contribution in [2.45, 2.75) is 57.2 Å². The Morgan fingerprint density at radius 2 is 1.89 bits per heavy atom. The molecule has 0 saturated heterocycles. The van der Waals surface area contributed by atoms with E-state index in [1.54, 1.807) is 6.07 Å². The Bertz CT molecular complexity index is 824. The van der Waals surface area contributed by atoms with Gasteiger partial charge in [-0.1, -0.05) is 12.1 Å². The van der Waals surface area contributed by atoms with Gasteiger partial charge in [0.25, 0.3) is 11.6 Å². The number of anilines is 1. The Balaban J connectivity index is 1.44. The zero-order chi connectivity index (χ0) is 20.1. The van der Waals surface area contributed by atoms with Gasteiger partial charge in [0.15, 0.2) is 6.10 Å². The van der Waals surface area contributed by atoms with Crippen LogP contribution in [-0.4, -0.2) is 33.6 Å². The maximum Gasteiger partial charge on any atom is 0.312 e. The van der Waals surface area contributed by atoms with Crippen molar-refractivity contribution in [1.82, 2.24) is 0 Å². The van der Waals surface area contributed by atoms with Crippen molar-refractivity contribution in [2.75, 3.05) is 5.32 Å². The number of hydrogen-bond donors (Lipinski definition) is 2. The van der Waals surface area contributed by atoms with Crippen LogP contribution >= 0.6 is 0 Å². The molecule has 0 aliphatic heterocycles. The molecule has 28 heavy (non-hydrogen) atoms. The molecule has 4 bridgehead atoms. The molecule has 150 valence electrons. The van der Waals surface area contributed by atoms with Crippen LogP contribution in [0, 0.1) is 27.4 Å². The maximum absolute atomic E-state index is 13.0. The molecule has 4 fully saturated rings. The first-order valence-corrected chi connectivity index (χ1v) is 9.67. The van der Waals surface area contributed by atoms with Crippen LogP contribution in [0.1, 0.15) is 45.4 Å². The predicted molar refractivity (Wildman–Crippen MR) is 99.3 cm³/mol. The lowest BCUT2D eigenvalue weighted by Gasteiger charge is -2.58. The lowest BCUT2D eigenvalue weighted by Crippen LogP contribution is -2.59. The van der Waals surface area contributed by atoms with E-state index in [2.05, 4.69) is 5.32 Å². The number of amides is 1. The van der Waals surface area contributed by atoms with Crippen molar-refractivity contribution in [2.24, 2.45) is 17.3 Å². The van der Waals surface area contributed by atoms with Crippen molar-refractivity contribution in [3.05, 3.63) is 34.4 Å². The number of nitrogens with zero attached hydrogens (tertiary/aromatic N) is 1. The van der Waals surface area contributed by atoms with Gasteiger partial charge in [-0.15, -0.1) is 0 Å². The number of esters is 1. The number of rotatable bonds is 5. The molecule has 3 atom stereocenters. The molecule has 0 radical (unpaired) electrons. The molecule has 0 spiro atoms. The molecule has 0 heterocycles. The van der Waals surface area contributed by atoms with Crippen LogP contribution in [0.15, 0.2) is 24.3 Å². The highest BCUT2D eigenvalue weighted by atomic mass is 16.6. The number of carbonyl (C=O) groups excluding carboxylic acids is 2. The first-order chi connectivity index (χ1) is 13.2. The minimum atomic E-state index is -1.09. The van der Waals surface area contributed by atoms with Crippen LogP contribution in [0.5, 0.6) is 0 Å². The molecule has 8 heteroatoms. The standard InChI is InChI=1S/C20H24N2O6/c1-12(17(23)21-15-4-2-3-5-16(15)22(26)27)28-18(24)19-7-13-6-14(8-19)10-20(25,9-13)11-19/h2-5,12-14,25H,6-11H2,1H3,(H,21,23). The van der Waals surface area contributed by atoms with Gasteiger partial charge < -0.3 is 15.2 Å². The number of benzene rings is 1. The molecule has 3 unspecified atom stereocenters. The average Bonchev–Trinajstić information content (AvgIpc) is 2.59. The van der Waals surface area contributed by atoms with Crippen LogP contribution in [0.25, 0.3) is 0 Å². The third-order valence-corrected chi connectivity index (χ3v) is 6.47. The monoisotopic (exact) mass is 388 g/mol. The Labute approximate surface area is 162 Å². The fourth-order valence-electron chi connectivity index (χ4n) is 5.76. The minimum absolute atomic E-state index is 0.0597. The predicted octanol–water partition coefficient (Wildman–Crippen LogP) is 2.80. The van der Waals surface area contributed by atoms with E-state index in [0.29, 0.717) is 31.1 Å². The SMILES string of the molecule is CC(OC(=O)C12CC3CC(CC(O)(C3)C1)C2)C(=O)Nc1ccccc1[N+](=O)[O-]. The fourth-order valence-corrected chi connectivity index (χ4v) is 5.76. The number of carbonyl (C=O) groups is 2. The topological polar surface area (TPSA) is 119 Å². The zero-order valence-electron chi connectivity index (χ0n) is 15.7. The second kappa shape index (κ2) is 6.55. The Kier molecular flexibility index (Phi) is 4.41. The Morgan fingerprint density at radius 1 is 1.25 bits per heavy atom. The van der Waals surface area contributed by atoms with Gasteiger partial charge in [0, 0.05) is 6.07 Å². The van der Waals surface area contributed by atoms with Crippen LogP contribution in [0.2, 0.25) is 0 Å². The van der Waals surface area contributed by atoms with E-state index >= 15 is 0 Å². The maximum atomic E-state index is 13.0. The van der Waals surface area contributed by atoms with Crippen LogP contribution in [0.4, 0.5) is 11.4 Å². The molecule has 1 amide bonds. The lowest BCUT2D eigenvalue weighted by molar-refractivity contribution is -0.383. The summed E-state index contributed by atoms with van der Waals surface area (Å²) < 4.78 is 5.48. The summed E-state index contributed by atoms with van der Waals surface area (Å²) in [7, 11) is 0. The highest BCUT2D eigenvalue weighted by molar-refractivity contribution is 5.97. The minimum Gasteiger partial charge on any atom is -0.452 e. The summed E-state index contributed by atoms with van der Waals surface area (Å²) in [5.74, 6) is -0.402. The third-order valence-electron chi connectivity index (χ3n) is 6.47. The molecular weight excluding hydrogens is 364 g/mol. The number of nitro benzene ring substituents is 1. The van der Waals surface area contributed by atoms with Gasteiger partial charge in [0.2, 0.25) is 0 Å². The average molecular weight is 388 g/mol. The molecule has 1 aromatic rings. The van der Waals surface area contributed by atoms with Crippen molar-refractivity contribution >= 4 is 23.3 Å². The van der Waals surface area contributed by atoms with E-state index in [1.807, 2.05) is 0 Å². The second-order valence-electron chi connectivity index (χ2n) is 8.78. The quantitative estimate of drug-likeness (QED) is 0.455. The highest BCUT2D eigenvalue weighted by Crippen LogP contribution is 2.62. The van der Waals surface area contributed by atoms with Gasteiger partial charge in [-0.2, -0.15) is 0 Å². The smallest absolute Gasteiger partial charge is 0.312 e. The van der Waals surface area contributed by atoms with E-state index in [9.17, 15) is 24.8 Å². The summed E-state index contributed by atoms with van der Waals surface area (Å²) >= 11 is 0. The van der Waals surface area contributed by atoms with E-state index in [1.165, 1.54) is 25.1 Å². The van der Waals surface area contributed by atoms with E-state index in [4.69, 9.17) is 4.74 Å². The molecule has 5 rings (SSSR count). The van der Waals surface area contributed by atoms with E-state index in [-0.39, 0.29) is 11.4 Å². The zero-order valence-corrected chi connectivity index (χ0v) is 15.7. The van der Waals surface area contributed by atoms with E-state index in [0.717, 1.165) is 19.3 Å². The molecule has 2 N–H and O–H groups in total. The van der Waals surface area contributed by atoms with Gasteiger partial charge >= 0.3 is 5.97 Å².